The number of imidazole rings is 1. The van der Waals surface area contributed by atoms with Crippen LogP contribution in [0.3, 0.4) is 0 Å². The summed E-state index contributed by atoms with van der Waals surface area (Å²) in [5.74, 6) is 0. The number of benzene rings is 2. The van der Waals surface area contributed by atoms with Crippen LogP contribution in [0, 0.1) is 0 Å². The van der Waals surface area contributed by atoms with Crippen LogP contribution in [0.4, 0.5) is 0 Å². The van der Waals surface area contributed by atoms with E-state index in [-0.39, 0.29) is 0 Å². The number of halogens is 3. The lowest BCUT2D eigenvalue weighted by Gasteiger charge is -2.12. The van der Waals surface area contributed by atoms with Crippen LogP contribution >= 0.6 is 39.1 Å². The number of aromatic nitrogens is 2. The van der Waals surface area contributed by atoms with Gasteiger partial charge in [0.05, 0.1) is 6.33 Å². The molecule has 0 amide bonds. The lowest BCUT2D eigenvalue weighted by molar-refractivity contribution is 0.836. The summed E-state index contributed by atoms with van der Waals surface area (Å²) in [6.45, 7) is 0.678. The number of hydrogen-bond donors (Lipinski definition) is 0. The summed E-state index contributed by atoms with van der Waals surface area (Å²) in [6.07, 6.45) is 7.61. The molecule has 0 spiro atoms. The largest absolute Gasteiger partial charge is 0.333 e. The zero-order valence-corrected chi connectivity index (χ0v) is 15.2. The van der Waals surface area contributed by atoms with Gasteiger partial charge >= 0.3 is 0 Å². The highest BCUT2D eigenvalue weighted by molar-refractivity contribution is 9.10. The Morgan fingerprint density at radius 1 is 1.13 bits per heavy atom. The first-order chi connectivity index (χ1) is 11.1. The molecule has 5 heteroatoms. The van der Waals surface area contributed by atoms with Gasteiger partial charge in [0.25, 0.3) is 0 Å². The topological polar surface area (TPSA) is 17.8 Å². The molecule has 3 aromatic rings. The maximum atomic E-state index is 6.40. The minimum Gasteiger partial charge on any atom is -0.333 e. The first kappa shape index (κ1) is 16.3. The van der Waals surface area contributed by atoms with E-state index in [4.69, 9.17) is 23.2 Å². The van der Waals surface area contributed by atoms with E-state index in [0.29, 0.717) is 16.6 Å². The van der Waals surface area contributed by atoms with E-state index in [2.05, 4.69) is 39.1 Å². The Bertz CT molecular complexity index is 825. The Hall–Kier alpha value is -1.55. The van der Waals surface area contributed by atoms with Crippen molar-refractivity contribution in [3.05, 3.63) is 86.8 Å². The number of hydrogen-bond acceptors (Lipinski definition) is 1. The highest BCUT2D eigenvalue weighted by Crippen LogP contribution is 2.29. The smallest absolute Gasteiger partial charge is 0.0949 e. The van der Waals surface area contributed by atoms with Gasteiger partial charge in [-0.25, -0.2) is 4.98 Å². The fourth-order valence-corrected chi connectivity index (χ4v) is 3.09. The highest BCUT2D eigenvalue weighted by atomic mass is 79.9. The van der Waals surface area contributed by atoms with Crippen LogP contribution in [0.15, 0.2) is 65.7 Å². The Morgan fingerprint density at radius 3 is 2.57 bits per heavy atom. The average molecular weight is 408 g/mol. The van der Waals surface area contributed by atoms with E-state index in [1.165, 1.54) is 0 Å². The second-order valence-corrected chi connectivity index (χ2v) is 6.84. The summed E-state index contributed by atoms with van der Waals surface area (Å²) in [6, 6.07) is 13.7. The normalized spacial score (nSPS) is 11.7. The van der Waals surface area contributed by atoms with Crippen LogP contribution < -0.4 is 0 Å². The molecule has 2 nitrogen and oxygen atoms in total. The summed E-state index contributed by atoms with van der Waals surface area (Å²) in [5, 5.41) is 1.27. The first-order valence-electron chi connectivity index (χ1n) is 6.99. The SMILES string of the molecule is Clc1ccc(C(=Cc2ccc(Br)cc2)Cn2ccnc2)c(Cl)c1. The van der Waals surface area contributed by atoms with E-state index in [1.54, 1.807) is 18.6 Å². The molecule has 0 aliphatic heterocycles. The molecule has 0 atom stereocenters. The standard InChI is InChI=1S/C18H13BrCl2N2/c19-15-3-1-13(2-4-15)9-14(11-23-8-7-22-12-23)17-6-5-16(20)10-18(17)21/h1-10,12H,11H2. The molecule has 116 valence electrons. The van der Waals surface area contributed by atoms with Crippen LogP contribution in [0.25, 0.3) is 11.6 Å². The van der Waals surface area contributed by atoms with Crippen LogP contribution in [-0.2, 0) is 6.54 Å². The molecule has 1 aromatic heterocycles. The zero-order valence-electron chi connectivity index (χ0n) is 12.1. The summed E-state index contributed by atoms with van der Waals surface area (Å²) in [5.41, 5.74) is 3.16. The van der Waals surface area contributed by atoms with Crippen LogP contribution in [0.2, 0.25) is 10.0 Å². The Kier molecular flexibility index (Phi) is 5.21. The summed E-state index contributed by atoms with van der Waals surface area (Å²) in [7, 11) is 0. The van der Waals surface area contributed by atoms with E-state index in [0.717, 1.165) is 21.2 Å². The molecular formula is C18H13BrCl2N2. The van der Waals surface area contributed by atoms with Gasteiger partial charge in [0.15, 0.2) is 0 Å². The number of allylic oxidation sites excluding steroid dienone is 1. The average Bonchev–Trinajstić information content (AvgIpc) is 3.02. The molecule has 0 radical (unpaired) electrons. The minimum absolute atomic E-state index is 0.629. The molecule has 0 bridgehead atoms. The van der Waals surface area contributed by atoms with Gasteiger partial charge in [0.2, 0.25) is 0 Å². The van der Waals surface area contributed by atoms with Crippen molar-refractivity contribution < 1.29 is 0 Å². The second-order valence-electron chi connectivity index (χ2n) is 5.08. The van der Waals surface area contributed by atoms with Crippen molar-refractivity contribution in [2.24, 2.45) is 0 Å². The maximum absolute atomic E-state index is 6.40. The number of nitrogens with zero attached hydrogens (tertiary/aromatic N) is 2. The van der Waals surface area contributed by atoms with Crippen molar-refractivity contribution in [2.75, 3.05) is 0 Å². The Balaban J connectivity index is 2.04. The maximum Gasteiger partial charge on any atom is 0.0949 e. The third-order valence-electron chi connectivity index (χ3n) is 3.40. The third kappa shape index (κ3) is 4.25. The molecular weight excluding hydrogens is 395 g/mol. The van der Waals surface area contributed by atoms with Crippen LogP contribution in [-0.4, -0.2) is 9.55 Å². The fraction of sp³-hybridized carbons (Fsp3) is 0.0556. The van der Waals surface area contributed by atoms with Gasteiger partial charge in [0.1, 0.15) is 0 Å². The van der Waals surface area contributed by atoms with Gasteiger partial charge < -0.3 is 4.57 Å². The molecule has 3 rings (SSSR count). The van der Waals surface area contributed by atoms with Crippen molar-refractivity contribution in [2.45, 2.75) is 6.54 Å². The predicted octanol–water partition coefficient (Wildman–Crippen LogP) is 6.19. The Morgan fingerprint density at radius 2 is 1.91 bits per heavy atom. The molecule has 0 aliphatic rings. The molecule has 0 N–H and O–H groups in total. The minimum atomic E-state index is 0.629. The summed E-state index contributed by atoms with van der Waals surface area (Å²) >= 11 is 15.9. The molecule has 0 aliphatic carbocycles. The van der Waals surface area contributed by atoms with Gasteiger partial charge in [-0.1, -0.05) is 57.3 Å². The molecule has 0 unspecified atom stereocenters. The predicted molar refractivity (Wildman–Crippen MR) is 101 cm³/mol. The molecule has 0 saturated heterocycles. The van der Waals surface area contributed by atoms with Crippen LogP contribution in [0.5, 0.6) is 0 Å². The molecule has 0 saturated carbocycles. The number of rotatable bonds is 4. The monoisotopic (exact) mass is 406 g/mol. The lowest BCUT2D eigenvalue weighted by atomic mass is 10.0. The van der Waals surface area contributed by atoms with Crippen molar-refractivity contribution >= 4 is 50.8 Å². The highest BCUT2D eigenvalue weighted by Gasteiger charge is 2.09. The van der Waals surface area contributed by atoms with E-state index in [9.17, 15) is 0 Å². The quantitative estimate of drug-likeness (QED) is 0.471. The molecule has 23 heavy (non-hydrogen) atoms. The van der Waals surface area contributed by atoms with Gasteiger partial charge in [-0.3, -0.25) is 0 Å². The van der Waals surface area contributed by atoms with Gasteiger partial charge in [-0.15, -0.1) is 0 Å². The van der Waals surface area contributed by atoms with Crippen molar-refractivity contribution in [1.29, 1.82) is 0 Å². The summed E-state index contributed by atoms with van der Waals surface area (Å²) in [4.78, 5) is 4.10. The van der Waals surface area contributed by atoms with E-state index in [1.807, 2.05) is 35.0 Å². The van der Waals surface area contributed by atoms with Crippen molar-refractivity contribution in [3.63, 3.8) is 0 Å². The third-order valence-corrected chi connectivity index (χ3v) is 4.48. The molecule has 1 heterocycles. The second kappa shape index (κ2) is 7.35. The van der Waals surface area contributed by atoms with Gasteiger partial charge in [-0.05, 0) is 47.0 Å². The van der Waals surface area contributed by atoms with E-state index >= 15 is 0 Å². The Labute approximate surface area is 153 Å². The molecule has 0 fully saturated rings. The lowest BCUT2D eigenvalue weighted by Crippen LogP contribution is -1.99. The van der Waals surface area contributed by atoms with E-state index < -0.39 is 0 Å². The fourth-order valence-electron chi connectivity index (χ4n) is 2.30. The summed E-state index contributed by atoms with van der Waals surface area (Å²) < 4.78 is 3.06. The molecule has 2 aromatic carbocycles. The van der Waals surface area contributed by atoms with Crippen molar-refractivity contribution in [1.82, 2.24) is 9.55 Å². The zero-order chi connectivity index (χ0) is 16.2. The van der Waals surface area contributed by atoms with Gasteiger partial charge in [0, 0.05) is 33.5 Å². The first-order valence-corrected chi connectivity index (χ1v) is 8.54. The van der Waals surface area contributed by atoms with Crippen molar-refractivity contribution in [3.8, 4) is 0 Å². The van der Waals surface area contributed by atoms with Crippen LogP contribution in [0.1, 0.15) is 11.1 Å². The van der Waals surface area contributed by atoms with Gasteiger partial charge in [-0.2, -0.15) is 0 Å².